The molecule has 2 aliphatic rings. The van der Waals surface area contributed by atoms with Gasteiger partial charge in [0.25, 0.3) is 0 Å². The van der Waals surface area contributed by atoms with Crippen LogP contribution in [0.15, 0.2) is 0 Å². The summed E-state index contributed by atoms with van der Waals surface area (Å²) in [4.78, 5) is 2.50. The van der Waals surface area contributed by atoms with Crippen molar-refractivity contribution in [3.8, 4) is 0 Å². The molecule has 0 amide bonds. The van der Waals surface area contributed by atoms with E-state index in [4.69, 9.17) is 0 Å². The van der Waals surface area contributed by atoms with Crippen LogP contribution in [0, 0.1) is 11.8 Å². The summed E-state index contributed by atoms with van der Waals surface area (Å²) < 4.78 is 0. The van der Waals surface area contributed by atoms with E-state index in [1.54, 1.807) is 0 Å². The summed E-state index contributed by atoms with van der Waals surface area (Å²) in [6, 6.07) is 0.731. The Bertz CT molecular complexity index is 235. The van der Waals surface area contributed by atoms with E-state index < -0.39 is 0 Å². The molecule has 2 fully saturated rings. The summed E-state index contributed by atoms with van der Waals surface area (Å²) in [5.41, 5.74) is 0. The number of aliphatic hydroxyl groups excluding tert-OH is 1. The third-order valence-electron chi connectivity index (χ3n) is 5.01. The Labute approximate surface area is 112 Å². The van der Waals surface area contributed by atoms with Gasteiger partial charge in [-0.2, -0.15) is 0 Å². The lowest BCUT2D eigenvalue weighted by atomic mass is 9.79. The molecule has 0 bridgehead atoms. The molecule has 18 heavy (non-hydrogen) atoms. The Morgan fingerprint density at radius 3 is 2.44 bits per heavy atom. The molecule has 1 saturated heterocycles. The van der Waals surface area contributed by atoms with Gasteiger partial charge in [-0.25, -0.2) is 0 Å². The molecule has 1 aliphatic heterocycles. The van der Waals surface area contributed by atoms with Crippen LogP contribution in [0.1, 0.15) is 44.9 Å². The fraction of sp³-hybridized carbons (Fsp3) is 1.00. The standard InChI is InChI=1S/C15H30N2O/c1-17-9-5-4-8-15(17)11-16-10-13-6-2-3-7-14(13)12-18/h13-16,18H,2-12H2,1H3. The average molecular weight is 254 g/mol. The van der Waals surface area contributed by atoms with Crippen molar-refractivity contribution in [2.24, 2.45) is 11.8 Å². The minimum absolute atomic E-state index is 0.385. The predicted octanol–water partition coefficient (Wildman–Crippen LogP) is 1.86. The largest absolute Gasteiger partial charge is 0.396 e. The number of hydrogen-bond donors (Lipinski definition) is 2. The highest BCUT2D eigenvalue weighted by Gasteiger charge is 2.25. The monoisotopic (exact) mass is 254 g/mol. The van der Waals surface area contributed by atoms with Crippen molar-refractivity contribution in [1.29, 1.82) is 0 Å². The highest BCUT2D eigenvalue weighted by atomic mass is 16.3. The van der Waals surface area contributed by atoms with Crippen molar-refractivity contribution >= 4 is 0 Å². The fourth-order valence-electron chi connectivity index (χ4n) is 3.63. The number of rotatable bonds is 5. The quantitative estimate of drug-likeness (QED) is 0.786. The lowest BCUT2D eigenvalue weighted by Crippen LogP contribution is -2.44. The zero-order chi connectivity index (χ0) is 12.8. The molecule has 0 aromatic heterocycles. The molecular weight excluding hydrogens is 224 g/mol. The van der Waals surface area contributed by atoms with Crippen molar-refractivity contribution in [2.45, 2.75) is 51.0 Å². The van der Waals surface area contributed by atoms with Gasteiger partial charge < -0.3 is 15.3 Å². The van der Waals surface area contributed by atoms with Crippen molar-refractivity contribution in [1.82, 2.24) is 10.2 Å². The van der Waals surface area contributed by atoms with E-state index in [1.165, 1.54) is 51.5 Å². The summed E-state index contributed by atoms with van der Waals surface area (Å²) in [5, 5.41) is 13.1. The zero-order valence-corrected chi connectivity index (χ0v) is 11.9. The van der Waals surface area contributed by atoms with Crippen molar-refractivity contribution in [3.63, 3.8) is 0 Å². The lowest BCUT2D eigenvalue weighted by Gasteiger charge is -2.34. The van der Waals surface area contributed by atoms with Crippen LogP contribution < -0.4 is 5.32 Å². The summed E-state index contributed by atoms with van der Waals surface area (Å²) in [7, 11) is 2.25. The first kappa shape index (κ1) is 14.3. The minimum atomic E-state index is 0.385. The number of nitrogens with zero attached hydrogens (tertiary/aromatic N) is 1. The predicted molar refractivity (Wildman–Crippen MR) is 75.7 cm³/mol. The number of likely N-dealkylation sites (tertiary alicyclic amines) is 1. The van der Waals surface area contributed by atoms with E-state index in [2.05, 4.69) is 17.3 Å². The summed E-state index contributed by atoms with van der Waals surface area (Å²) in [6.07, 6.45) is 9.30. The molecule has 3 heteroatoms. The Hall–Kier alpha value is -0.120. The molecule has 2 rings (SSSR count). The fourth-order valence-corrected chi connectivity index (χ4v) is 3.63. The van der Waals surface area contributed by atoms with Gasteiger partial charge in [0.1, 0.15) is 0 Å². The molecule has 3 unspecified atom stereocenters. The molecule has 3 atom stereocenters. The number of likely N-dealkylation sites (N-methyl/N-ethyl adjacent to an activating group) is 1. The van der Waals surface area contributed by atoms with Crippen LogP contribution in [-0.2, 0) is 0 Å². The second-order valence-electron chi connectivity index (χ2n) is 6.28. The molecule has 0 spiro atoms. The van der Waals surface area contributed by atoms with E-state index in [1.807, 2.05) is 0 Å². The third kappa shape index (κ3) is 3.94. The maximum Gasteiger partial charge on any atom is 0.0462 e. The maximum absolute atomic E-state index is 9.42. The molecule has 1 heterocycles. The first-order chi connectivity index (χ1) is 8.81. The van der Waals surface area contributed by atoms with Gasteiger partial charge in [0.05, 0.1) is 0 Å². The van der Waals surface area contributed by atoms with Gasteiger partial charge in [-0.15, -0.1) is 0 Å². The molecule has 106 valence electrons. The molecule has 0 radical (unpaired) electrons. The Morgan fingerprint density at radius 2 is 1.72 bits per heavy atom. The van der Waals surface area contributed by atoms with Crippen LogP contribution in [-0.4, -0.2) is 49.3 Å². The summed E-state index contributed by atoms with van der Waals surface area (Å²) in [6.45, 7) is 3.88. The van der Waals surface area contributed by atoms with E-state index in [0.717, 1.165) is 19.1 Å². The van der Waals surface area contributed by atoms with Gasteiger partial charge in [-0.1, -0.05) is 19.3 Å². The van der Waals surface area contributed by atoms with Crippen molar-refractivity contribution in [2.75, 3.05) is 33.3 Å². The molecule has 3 nitrogen and oxygen atoms in total. The van der Waals surface area contributed by atoms with Gasteiger partial charge in [-0.3, -0.25) is 0 Å². The summed E-state index contributed by atoms with van der Waals surface area (Å²) in [5.74, 6) is 1.26. The van der Waals surface area contributed by atoms with E-state index in [0.29, 0.717) is 18.4 Å². The topological polar surface area (TPSA) is 35.5 Å². The lowest BCUT2D eigenvalue weighted by molar-refractivity contribution is 0.128. The van der Waals surface area contributed by atoms with E-state index >= 15 is 0 Å². The first-order valence-electron chi connectivity index (χ1n) is 7.83. The molecule has 0 aromatic rings. The number of piperidine rings is 1. The second kappa shape index (κ2) is 7.46. The highest BCUT2D eigenvalue weighted by molar-refractivity contribution is 4.80. The summed E-state index contributed by atoms with van der Waals surface area (Å²) >= 11 is 0. The van der Waals surface area contributed by atoms with Gasteiger partial charge in [-0.05, 0) is 57.7 Å². The Balaban J connectivity index is 1.67. The van der Waals surface area contributed by atoms with E-state index in [9.17, 15) is 5.11 Å². The van der Waals surface area contributed by atoms with Crippen molar-refractivity contribution < 1.29 is 5.11 Å². The van der Waals surface area contributed by atoms with Crippen LogP contribution in [0.2, 0.25) is 0 Å². The molecule has 1 aliphatic carbocycles. The Kier molecular flexibility index (Phi) is 5.93. The Morgan fingerprint density at radius 1 is 1.00 bits per heavy atom. The average Bonchev–Trinajstić information content (AvgIpc) is 2.41. The third-order valence-corrected chi connectivity index (χ3v) is 5.01. The number of hydrogen-bond acceptors (Lipinski definition) is 3. The smallest absolute Gasteiger partial charge is 0.0462 e. The van der Waals surface area contributed by atoms with Crippen LogP contribution in [0.5, 0.6) is 0 Å². The van der Waals surface area contributed by atoms with Crippen LogP contribution in [0.4, 0.5) is 0 Å². The zero-order valence-electron chi connectivity index (χ0n) is 11.9. The minimum Gasteiger partial charge on any atom is -0.396 e. The highest BCUT2D eigenvalue weighted by Crippen LogP contribution is 2.29. The SMILES string of the molecule is CN1CCCCC1CNCC1CCCCC1CO. The van der Waals surface area contributed by atoms with Crippen molar-refractivity contribution in [3.05, 3.63) is 0 Å². The molecular formula is C15H30N2O. The molecule has 2 N–H and O–H groups in total. The van der Waals surface area contributed by atoms with Crippen LogP contribution in [0.3, 0.4) is 0 Å². The number of aliphatic hydroxyl groups is 1. The van der Waals surface area contributed by atoms with Gasteiger partial charge in [0.2, 0.25) is 0 Å². The first-order valence-corrected chi connectivity index (χ1v) is 7.83. The van der Waals surface area contributed by atoms with Crippen LogP contribution >= 0.6 is 0 Å². The van der Waals surface area contributed by atoms with Gasteiger partial charge in [0, 0.05) is 19.2 Å². The number of nitrogens with one attached hydrogen (secondary N) is 1. The molecule has 1 saturated carbocycles. The maximum atomic E-state index is 9.42. The van der Waals surface area contributed by atoms with E-state index in [-0.39, 0.29) is 0 Å². The van der Waals surface area contributed by atoms with Crippen LogP contribution in [0.25, 0.3) is 0 Å². The van der Waals surface area contributed by atoms with Gasteiger partial charge >= 0.3 is 0 Å². The normalized spacial score (nSPS) is 34.7. The second-order valence-corrected chi connectivity index (χ2v) is 6.28. The van der Waals surface area contributed by atoms with Gasteiger partial charge in [0.15, 0.2) is 0 Å². The molecule has 0 aromatic carbocycles.